The Kier molecular flexibility index (Phi) is 4.15. The van der Waals surface area contributed by atoms with Crippen LogP contribution in [0.4, 0.5) is 5.13 Å². The van der Waals surface area contributed by atoms with Crippen molar-refractivity contribution in [2.75, 3.05) is 4.72 Å². The van der Waals surface area contributed by atoms with Gasteiger partial charge >= 0.3 is 0 Å². The number of thiazole rings is 1. The van der Waals surface area contributed by atoms with Gasteiger partial charge in [-0.25, -0.2) is 9.97 Å². The van der Waals surface area contributed by atoms with E-state index in [0.29, 0.717) is 4.88 Å². The molecule has 2 rings (SSSR count). The maximum absolute atomic E-state index is 12.2. The topological polar surface area (TPSA) is 94.0 Å². The molecule has 1 N–H and O–H groups in total. The Morgan fingerprint density at radius 2 is 2.10 bits per heavy atom. The number of hydrogen-bond acceptors (Lipinski definition) is 6. The second-order valence-corrected chi connectivity index (χ2v) is 7.67. The van der Waals surface area contributed by atoms with Gasteiger partial charge in [0, 0.05) is 24.0 Å². The monoisotopic (exact) mass is 328 g/mol. The molecule has 0 aliphatic heterocycles. The molecule has 0 aliphatic rings. The lowest BCUT2D eigenvalue weighted by Crippen LogP contribution is -2.13. The van der Waals surface area contributed by atoms with Crippen molar-refractivity contribution in [2.24, 2.45) is 0 Å². The molecule has 0 aliphatic carbocycles. The molecule has 0 bridgehead atoms. The number of ketones is 1. The molecule has 7 nitrogen and oxygen atoms in total. The van der Waals surface area contributed by atoms with Gasteiger partial charge in [0.15, 0.2) is 15.9 Å². The van der Waals surface area contributed by atoms with Gasteiger partial charge in [-0.2, -0.15) is 8.42 Å². The minimum absolute atomic E-state index is 0.0755. The number of carbonyl (C=O) groups excluding carboxylic acids is 1. The third-order valence-corrected chi connectivity index (χ3v) is 5.04. The van der Waals surface area contributed by atoms with Crippen LogP contribution in [0.5, 0.6) is 0 Å². The Bertz CT molecular complexity index is 774. The van der Waals surface area contributed by atoms with E-state index in [1.807, 2.05) is 13.8 Å². The number of sulfonamides is 1. The van der Waals surface area contributed by atoms with E-state index in [4.69, 9.17) is 0 Å². The number of aryl methyl sites for hydroxylation is 1. The first kappa shape index (κ1) is 15.6. The van der Waals surface area contributed by atoms with E-state index in [-0.39, 0.29) is 27.7 Å². The molecule has 2 aromatic heterocycles. The molecule has 2 aromatic rings. The Balaban J connectivity index is 2.28. The van der Waals surface area contributed by atoms with Gasteiger partial charge in [0.25, 0.3) is 10.0 Å². The van der Waals surface area contributed by atoms with Crippen molar-refractivity contribution in [1.29, 1.82) is 0 Å². The third-order valence-electron chi connectivity index (χ3n) is 2.80. The molecule has 0 saturated carbocycles. The van der Waals surface area contributed by atoms with Crippen molar-refractivity contribution >= 4 is 32.3 Å². The molecule has 0 unspecified atom stereocenters. The summed E-state index contributed by atoms with van der Waals surface area (Å²) in [5.41, 5.74) is 0.283. The average Bonchev–Trinajstić information content (AvgIpc) is 2.95. The number of hydrogen-bond donors (Lipinski definition) is 1. The fourth-order valence-electron chi connectivity index (χ4n) is 1.67. The third kappa shape index (κ3) is 3.30. The maximum Gasteiger partial charge on any atom is 0.282 e. The van der Waals surface area contributed by atoms with E-state index >= 15 is 0 Å². The second-order valence-electron chi connectivity index (χ2n) is 4.84. The zero-order valence-electron chi connectivity index (χ0n) is 12.1. The largest absolute Gasteiger partial charge is 0.334 e. The molecule has 21 heavy (non-hydrogen) atoms. The number of rotatable bonds is 5. The number of aromatic nitrogens is 3. The predicted octanol–water partition coefficient (Wildman–Crippen LogP) is 2.23. The van der Waals surface area contributed by atoms with Crippen LogP contribution in [0.1, 0.15) is 42.2 Å². The minimum atomic E-state index is -3.80. The van der Waals surface area contributed by atoms with Crippen molar-refractivity contribution in [3.8, 4) is 0 Å². The Hall–Kier alpha value is -1.74. The van der Waals surface area contributed by atoms with Gasteiger partial charge in [0.1, 0.15) is 5.69 Å². The first-order valence-electron chi connectivity index (χ1n) is 6.25. The second kappa shape index (κ2) is 5.57. The normalized spacial score (nSPS) is 11.9. The highest BCUT2D eigenvalue weighted by molar-refractivity contribution is 7.92. The highest BCUT2D eigenvalue weighted by atomic mass is 32.2. The van der Waals surface area contributed by atoms with Crippen molar-refractivity contribution in [3.05, 3.63) is 23.1 Å². The van der Waals surface area contributed by atoms with Gasteiger partial charge in [-0.05, 0) is 20.8 Å². The van der Waals surface area contributed by atoms with E-state index in [9.17, 15) is 13.2 Å². The number of nitrogens with zero attached hydrogens (tertiary/aromatic N) is 3. The van der Waals surface area contributed by atoms with Gasteiger partial charge < -0.3 is 4.57 Å². The highest BCUT2D eigenvalue weighted by Crippen LogP contribution is 2.24. The summed E-state index contributed by atoms with van der Waals surface area (Å²) in [6.07, 6.45) is 2.92. The van der Waals surface area contributed by atoms with E-state index in [0.717, 1.165) is 11.3 Å². The van der Waals surface area contributed by atoms with E-state index in [2.05, 4.69) is 14.7 Å². The fourth-order valence-corrected chi connectivity index (χ4v) is 3.71. The zero-order valence-corrected chi connectivity index (χ0v) is 13.7. The van der Waals surface area contributed by atoms with Crippen LogP contribution in [0.25, 0.3) is 0 Å². The van der Waals surface area contributed by atoms with Crippen LogP contribution in [0.2, 0.25) is 0 Å². The van der Waals surface area contributed by atoms with Crippen LogP contribution in [0.15, 0.2) is 17.6 Å². The molecule has 0 spiro atoms. The summed E-state index contributed by atoms with van der Waals surface area (Å²) in [5, 5.41) is 0.0882. The summed E-state index contributed by atoms with van der Waals surface area (Å²) >= 11 is 1.12. The quantitative estimate of drug-likeness (QED) is 0.849. The highest BCUT2D eigenvalue weighted by Gasteiger charge is 2.21. The van der Waals surface area contributed by atoms with Crippen molar-refractivity contribution in [1.82, 2.24) is 14.5 Å². The Morgan fingerprint density at radius 3 is 2.57 bits per heavy atom. The van der Waals surface area contributed by atoms with E-state index in [1.54, 1.807) is 11.5 Å². The maximum atomic E-state index is 12.2. The summed E-state index contributed by atoms with van der Waals surface area (Å²) in [5.74, 6) is -0.196. The van der Waals surface area contributed by atoms with Crippen LogP contribution >= 0.6 is 11.3 Å². The van der Waals surface area contributed by atoms with Crippen LogP contribution in [-0.4, -0.2) is 28.7 Å². The number of nitrogens with one attached hydrogen (secondary N) is 1. The molecule has 0 aromatic carbocycles. The van der Waals surface area contributed by atoms with Gasteiger partial charge in [0.2, 0.25) is 0 Å². The Labute approximate surface area is 127 Å². The molecule has 0 saturated heterocycles. The molecular formula is C12H16N4O3S2. The van der Waals surface area contributed by atoms with Crippen molar-refractivity contribution in [2.45, 2.75) is 38.8 Å². The van der Waals surface area contributed by atoms with Gasteiger partial charge in [-0.1, -0.05) is 0 Å². The number of Topliss-reactive ketones (excluding diaryl/α,β-unsaturated/α-hetero) is 1. The van der Waals surface area contributed by atoms with Crippen molar-refractivity contribution < 1.29 is 13.2 Å². The van der Waals surface area contributed by atoms with E-state index in [1.165, 1.54) is 19.4 Å². The predicted molar refractivity (Wildman–Crippen MR) is 80.3 cm³/mol. The van der Waals surface area contributed by atoms with Crippen LogP contribution in [0, 0.1) is 6.92 Å². The van der Waals surface area contributed by atoms with Crippen LogP contribution in [0.3, 0.4) is 0 Å². The Morgan fingerprint density at radius 1 is 1.43 bits per heavy atom. The van der Waals surface area contributed by atoms with E-state index < -0.39 is 10.0 Å². The van der Waals surface area contributed by atoms with Gasteiger partial charge in [0.05, 0.1) is 6.33 Å². The molecule has 114 valence electrons. The molecule has 0 fully saturated rings. The molecule has 0 atom stereocenters. The molecular weight excluding hydrogens is 312 g/mol. The molecule has 0 amide bonds. The summed E-state index contributed by atoms with van der Waals surface area (Å²) < 4.78 is 28.5. The SMILES string of the molecule is CC(=O)c1nc(NS(=O)(=O)c2cn(C(C)C)cn2)sc1C. The zero-order chi connectivity index (χ0) is 15.8. The van der Waals surface area contributed by atoms with Crippen LogP contribution in [-0.2, 0) is 10.0 Å². The standard InChI is InChI=1S/C12H16N4O3S2/c1-7(2)16-5-10(13-6-16)21(18,19)15-12-14-11(8(3)17)9(4)20-12/h5-7H,1-4H3,(H,14,15). The lowest BCUT2D eigenvalue weighted by atomic mass is 10.3. The molecule has 0 radical (unpaired) electrons. The summed E-state index contributed by atoms with van der Waals surface area (Å²) in [6.45, 7) is 6.97. The number of imidazole rings is 1. The first-order valence-corrected chi connectivity index (χ1v) is 8.55. The van der Waals surface area contributed by atoms with Gasteiger partial charge in [-0.3, -0.25) is 9.52 Å². The first-order chi connectivity index (χ1) is 9.70. The summed E-state index contributed by atoms with van der Waals surface area (Å²) in [7, 11) is -3.80. The fraction of sp³-hybridized carbons (Fsp3) is 0.417. The van der Waals surface area contributed by atoms with Gasteiger partial charge in [-0.15, -0.1) is 11.3 Å². The number of carbonyl (C=O) groups is 1. The number of anilines is 1. The molecule has 9 heteroatoms. The minimum Gasteiger partial charge on any atom is -0.334 e. The average molecular weight is 328 g/mol. The smallest absolute Gasteiger partial charge is 0.282 e. The lowest BCUT2D eigenvalue weighted by Gasteiger charge is -2.04. The summed E-state index contributed by atoms with van der Waals surface area (Å²) in [4.78, 5) is 19.9. The van der Waals surface area contributed by atoms with Crippen LogP contribution < -0.4 is 4.72 Å². The lowest BCUT2D eigenvalue weighted by molar-refractivity contribution is 0.101. The molecule has 2 heterocycles. The van der Waals surface area contributed by atoms with Crippen molar-refractivity contribution in [3.63, 3.8) is 0 Å². The summed E-state index contributed by atoms with van der Waals surface area (Å²) in [6, 6.07) is 0.118.